The molecule has 2 aromatic carbocycles. The number of hydrogen-bond donors (Lipinski definition) is 3. The van der Waals surface area contributed by atoms with Gasteiger partial charge in [0.25, 0.3) is 5.91 Å². The van der Waals surface area contributed by atoms with E-state index in [1.54, 1.807) is 18.3 Å². The van der Waals surface area contributed by atoms with Crippen LogP contribution in [-0.4, -0.2) is 16.0 Å². The van der Waals surface area contributed by atoms with Crippen LogP contribution in [0.25, 0.3) is 27.8 Å². The molecule has 0 radical (unpaired) electrons. The average molecular weight is 278 g/mol. The van der Waals surface area contributed by atoms with Crippen LogP contribution in [0, 0.1) is 0 Å². The van der Waals surface area contributed by atoms with Crippen LogP contribution in [0.4, 0.5) is 0 Å². The lowest BCUT2D eigenvalue weighted by atomic mass is 9.97. The molecule has 0 atom stereocenters. The van der Waals surface area contributed by atoms with Crippen molar-refractivity contribution in [3.05, 3.63) is 66.4 Å². The number of aromatic amines is 1. The van der Waals surface area contributed by atoms with Gasteiger partial charge in [0, 0.05) is 17.1 Å². The van der Waals surface area contributed by atoms with Crippen LogP contribution in [0.2, 0.25) is 0 Å². The molecule has 1 amide bonds. The first-order valence-electron chi connectivity index (χ1n) is 6.46. The number of aliphatic hydroxyl groups excluding tert-OH is 1. The highest BCUT2D eigenvalue weighted by Gasteiger charge is 2.12. The van der Waals surface area contributed by atoms with E-state index in [-0.39, 0.29) is 5.76 Å². The number of aliphatic hydroxyl groups is 1. The van der Waals surface area contributed by atoms with Gasteiger partial charge in [-0.3, -0.25) is 4.79 Å². The molecule has 0 aliphatic carbocycles. The summed E-state index contributed by atoms with van der Waals surface area (Å²) in [5, 5.41) is 10.4. The van der Waals surface area contributed by atoms with Crippen molar-refractivity contribution in [1.82, 2.24) is 4.98 Å². The summed E-state index contributed by atoms with van der Waals surface area (Å²) in [4.78, 5) is 14.5. The fourth-order valence-electron chi connectivity index (χ4n) is 2.48. The standard InChI is InChI=1S/C17H14N2O2/c1-10(20)11-3-2-4-12(9-11)13-5-6-15(17(18)21)16-14(13)7-8-19-16/h2-9,19-20H,1H2,(H2,18,21). The summed E-state index contributed by atoms with van der Waals surface area (Å²) in [5.74, 6) is -0.442. The van der Waals surface area contributed by atoms with Crippen LogP contribution in [-0.2, 0) is 0 Å². The Labute approximate surface area is 121 Å². The summed E-state index contributed by atoms with van der Waals surface area (Å²) in [6, 6.07) is 12.9. The molecule has 1 heterocycles. The molecule has 3 rings (SSSR count). The Hall–Kier alpha value is -3.01. The molecule has 0 spiro atoms. The molecular formula is C17H14N2O2. The number of aromatic nitrogens is 1. The fourth-order valence-corrected chi connectivity index (χ4v) is 2.48. The summed E-state index contributed by atoms with van der Waals surface area (Å²) < 4.78 is 0. The molecule has 21 heavy (non-hydrogen) atoms. The summed E-state index contributed by atoms with van der Waals surface area (Å²) in [7, 11) is 0. The first-order chi connectivity index (χ1) is 10.1. The van der Waals surface area contributed by atoms with E-state index in [2.05, 4.69) is 11.6 Å². The third-order valence-corrected chi connectivity index (χ3v) is 3.50. The van der Waals surface area contributed by atoms with E-state index in [9.17, 15) is 9.90 Å². The molecular weight excluding hydrogens is 264 g/mol. The lowest BCUT2D eigenvalue weighted by Crippen LogP contribution is -2.11. The Morgan fingerprint density at radius 1 is 1.19 bits per heavy atom. The topological polar surface area (TPSA) is 79.1 Å². The highest BCUT2D eigenvalue weighted by Crippen LogP contribution is 2.31. The minimum Gasteiger partial charge on any atom is -0.508 e. The molecule has 0 aliphatic heterocycles. The number of nitrogens with one attached hydrogen (secondary N) is 1. The zero-order valence-electron chi connectivity index (χ0n) is 11.3. The Kier molecular flexibility index (Phi) is 2.99. The molecule has 104 valence electrons. The molecule has 4 N–H and O–H groups in total. The number of fused-ring (bicyclic) bond motifs is 1. The van der Waals surface area contributed by atoms with E-state index < -0.39 is 5.91 Å². The Balaban J connectivity index is 2.24. The first-order valence-corrected chi connectivity index (χ1v) is 6.46. The van der Waals surface area contributed by atoms with E-state index in [1.165, 1.54) is 0 Å². The second-order valence-electron chi connectivity index (χ2n) is 4.82. The Morgan fingerprint density at radius 3 is 2.71 bits per heavy atom. The molecule has 1 aromatic heterocycles. The smallest absolute Gasteiger partial charge is 0.250 e. The number of nitrogens with two attached hydrogens (primary N) is 1. The van der Waals surface area contributed by atoms with Crippen molar-refractivity contribution in [2.75, 3.05) is 0 Å². The number of hydrogen-bond acceptors (Lipinski definition) is 2. The van der Waals surface area contributed by atoms with E-state index >= 15 is 0 Å². The summed E-state index contributed by atoms with van der Waals surface area (Å²) in [6.07, 6.45) is 1.77. The van der Waals surface area contributed by atoms with Crippen molar-refractivity contribution >= 4 is 22.6 Å². The fraction of sp³-hybridized carbons (Fsp3) is 0. The third-order valence-electron chi connectivity index (χ3n) is 3.50. The van der Waals surface area contributed by atoms with E-state index in [1.807, 2.05) is 30.3 Å². The monoisotopic (exact) mass is 278 g/mol. The molecule has 0 fully saturated rings. The Morgan fingerprint density at radius 2 is 2.00 bits per heavy atom. The van der Waals surface area contributed by atoms with Gasteiger partial charge in [-0.2, -0.15) is 0 Å². The van der Waals surface area contributed by atoms with E-state index in [0.29, 0.717) is 16.6 Å². The zero-order chi connectivity index (χ0) is 15.0. The summed E-state index contributed by atoms with van der Waals surface area (Å²) in [5.41, 5.74) is 9.12. The van der Waals surface area contributed by atoms with Crippen LogP contribution in [0.5, 0.6) is 0 Å². The Bertz CT molecular complexity index is 862. The van der Waals surface area contributed by atoms with Crippen molar-refractivity contribution in [3.63, 3.8) is 0 Å². The summed E-state index contributed by atoms with van der Waals surface area (Å²) >= 11 is 0. The van der Waals surface area contributed by atoms with Gasteiger partial charge in [0.05, 0.1) is 11.1 Å². The highest BCUT2D eigenvalue weighted by molar-refractivity contribution is 6.09. The number of amides is 1. The van der Waals surface area contributed by atoms with Crippen molar-refractivity contribution in [2.45, 2.75) is 0 Å². The number of carbonyl (C=O) groups is 1. The van der Waals surface area contributed by atoms with Gasteiger partial charge in [-0.25, -0.2) is 0 Å². The number of primary amides is 1. The molecule has 0 unspecified atom stereocenters. The molecule has 4 heteroatoms. The van der Waals surface area contributed by atoms with Crippen LogP contribution < -0.4 is 5.73 Å². The number of H-pyrrole nitrogens is 1. The largest absolute Gasteiger partial charge is 0.508 e. The van der Waals surface area contributed by atoms with Gasteiger partial charge < -0.3 is 15.8 Å². The molecule has 0 saturated heterocycles. The van der Waals surface area contributed by atoms with E-state index in [4.69, 9.17) is 5.73 Å². The SMILES string of the molecule is C=C(O)c1cccc(-c2ccc(C(N)=O)c3[nH]ccc23)c1. The van der Waals surface area contributed by atoms with Crippen molar-refractivity contribution < 1.29 is 9.90 Å². The van der Waals surface area contributed by atoms with Gasteiger partial charge in [0.1, 0.15) is 5.76 Å². The van der Waals surface area contributed by atoms with Crippen LogP contribution in [0.1, 0.15) is 15.9 Å². The second-order valence-corrected chi connectivity index (χ2v) is 4.82. The lowest BCUT2D eigenvalue weighted by Gasteiger charge is -2.08. The predicted octanol–water partition coefficient (Wildman–Crippen LogP) is 3.46. The lowest BCUT2D eigenvalue weighted by molar-refractivity contribution is 0.100. The molecule has 0 bridgehead atoms. The molecule has 4 nitrogen and oxygen atoms in total. The van der Waals surface area contributed by atoms with Crippen LogP contribution >= 0.6 is 0 Å². The maximum Gasteiger partial charge on any atom is 0.250 e. The third kappa shape index (κ3) is 2.17. The van der Waals surface area contributed by atoms with Crippen molar-refractivity contribution in [2.24, 2.45) is 5.73 Å². The van der Waals surface area contributed by atoms with Gasteiger partial charge in [0.2, 0.25) is 0 Å². The quantitative estimate of drug-likeness (QED) is 0.641. The molecule has 3 aromatic rings. The first kappa shape index (κ1) is 13.0. The van der Waals surface area contributed by atoms with Crippen molar-refractivity contribution in [1.29, 1.82) is 0 Å². The van der Waals surface area contributed by atoms with Gasteiger partial charge in [0.15, 0.2) is 0 Å². The average Bonchev–Trinajstić information content (AvgIpc) is 2.95. The summed E-state index contributed by atoms with van der Waals surface area (Å²) in [6.45, 7) is 3.54. The maximum atomic E-state index is 11.5. The predicted molar refractivity (Wildman–Crippen MR) is 83.9 cm³/mol. The van der Waals surface area contributed by atoms with Gasteiger partial charge in [-0.05, 0) is 29.3 Å². The van der Waals surface area contributed by atoms with Gasteiger partial charge in [-0.1, -0.05) is 30.8 Å². The van der Waals surface area contributed by atoms with E-state index in [0.717, 1.165) is 16.5 Å². The number of carbonyl (C=O) groups excluding carboxylic acids is 1. The highest BCUT2D eigenvalue weighted by atomic mass is 16.3. The minimum atomic E-state index is -0.466. The van der Waals surface area contributed by atoms with Crippen LogP contribution in [0.3, 0.4) is 0 Å². The number of benzene rings is 2. The number of rotatable bonds is 3. The van der Waals surface area contributed by atoms with Crippen molar-refractivity contribution in [3.8, 4) is 11.1 Å². The minimum absolute atomic E-state index is 0.0240. The zero-order valence-corrected chi connectivity index (χ0v) is 11.3. The van der Waals surface area contributed by atoms with Gasteiger partial charge >= 0.3 is 0 Å². The maximum absolute atomic E-state index is 11.5. The molecule has 0 aliphatic rings. The molecule has 0 saturated carbocycles. The second kappa shape index (κ2) is 4.83. The normalized spacial score (nSPS) is 10.7. The van der Waals surface area contributed by atoms with Gasteiger partial charge in [-0.15, -0.1) is 0 Å². The van der Waals surface area contributed by atoms with Crippen LogP contribution in [0.15, 0.2) is 55.2 Å².